The molecule has 3 rings (SSSR count). The monoisotopic (exact) mass is 387 g/mol. The number of nitrogens with one attached hydrogen (secondary N) is 1. The van der Waals surface area contributed by atoms with E-state index in [1.807, 2.05) is 12.1 Å². The van der Waals surface area contributed by atoms with Gasteiger partial charge in [0.2, 0.25) is 0 Å². The Balaban J connectivity index is 1.96. The first-order chi connectivity index (χ1) is 13.5. The fourth-order valence-corrected chi connectivity index (χ4v) is 3.72. The molecule has 138 valence electrons. The lowest BCUT2D eigenvalue weighted by atomic mass is 9.99. The van der Waals surface area contributed by atoms with E-state index in [-0.39, 0.29) is 10.7 Å². The van der Waals surface area contributed by atoms with Crippen LogP contribution in [0.4, 0.5) is 5.82 Å². The van der Waals surface area contributed by atoms with Crippen LogP contribution in [-0.2, 0) is 10.0 Å². The first-order valence-electron chi connectivity index (χ1n) is 8.36. The maximum absolute atomic E-state index is 12.8. The van der Waals surface area contributed by atoms with E-state index in [0.717, 1.165) is 11.1 Å². The van der Waals surface area contributed by atoms with Gasteiger partial charge in [0.25, 0.3) is 10.0 Å². The minimum Gasteiger partial charge on any atom is -0.263 e. The van der Waals surface area contributed by atoms with Gasteiger partial charge in [-0.2, -0.15) is 5.26 Å². The Morgan fingerprint density at radius 1 is 1.00 bits per heavy atom. The number of hydrogen-bond acceptors (Lipinski definition) is 4. The maximum atomic E-state index is 12.8. The molecule has 1 aromatic heterocycles. The molecule has 0 radical (unpaired) electrons. The van der Waals surface area contributed by atoms with Crippen molar-refractivity contribution in [3.8, 4) is 17.2 Å². The largest absolute Gasteiger partial charge is 0.263 e. The number of nitriles is 1. The van der Waals surface area contributed by atoms with Crippen LogP contribution in [0.3, 0.4) is 0 Å². The van der Waals surface area contributed by atoms with Gasteiger partial charge in [-0.1, -0.05) is 43.5 Å². The average Bonchev–Trinajstić information content (AvgIpc) is 2.73. The number of nitrogens with zero attached hydrogens (tertiary/aromatic N) is 2. The molecule has 0 bridgehead atoms. The molecule has 6 heteroatoms. The van der Waals surface area contributed by atoms with Crippen LogP contribution in [0.25, 0.3) is 23.3 Å². The highest BCUT2D eigenvalue weighted by Gasteiger charge is 2.17. The van der Waals surface area contributed by atoms with Crippen LogP contribution in [0, 0.1) is 11.3 Å². The van der Waals surface area contributed by atoms with Gasteiger partial charge in [0.1, 0.15) is 5.82 Å². The topological polar surface area (TPSA) is 82.9 Å². The summed E-state index contributed by atoms with van der Waals surface area (Å²) in [5, 5.41) is 8.93. The molecule has 0 unspecified atom stereocenters. The quantitative estimate of drug-likeness (QED) is 0.664. The first kappa shape index (κ1) is 19.1. The van der Waals surface area contributed by atoms with Gasteiger partial charge < -0.3 is 0 Å². The molecule has 0 saturated heterocycles. The van der Waals surface area contributed by atoms with Gasteiger partial charge in [0.05, 0.1) is 22.2 Å². The summed E-state index contributed by atoms with van der Waals surface area (Å²) in [6, 6.07) is 18.9. The summed E-state index contributed by atoms with van der Waals surface area (Å²) in [5.41, 5.74) is 3.49. The number of pyridine rings is 1. The molecular formula is C22H17N3O2S. The van der Waals surface area contributed by atoms with Crippen molar-refractivity contribution in [3.63, 3.8) is 0 Å². The third kappa shape index (κ3) is 4.00. The van der Waals surface area contributed by atoms with Crippen LogP contribution in [0.15, 0.2) is 78.7 Å². The molecule has 1 heterocycles. The smallest absolute Gasteiger partial charge is 0.263 e. The maximum Gasteiger partial charge on any atom is 0.263 e. The molecule has 0 saturated carbocycles. The van der Waals surface area contributed by atoms with Crippen LogP contribution in [0.5, 0.6) is 0 Å². The fourth-order valence-electron chi connectivity index (χ4n) is 2.68. The van der Waals surface area contributed by atoms with Crippen molar-refractivity contribution in [2.75, 3.05) is 4.72 Å². The molecule has 28 heavy (non-hydrogen) atoms. The van der Waals surface area contributed by atoms with Gasteiger partial charge >= 0.3 is 0 Å². The third-order valence-corrected chi connectivity index (χ3v) is 5.45. The Morgan fingerprint density at radius 3 is 2.39 bits per heavy atom. The molecule has 0 aliphatic carbocycles. The van der Waals surface area contributed by atoms with Gasteiger partial charge in [0.15, 0.2) is 0 Å². The van der Waals surface area contributed by atoms with Crippen molar-refractivity contribution in [3.05, 3.63) is 90.6 Å². The molecule has 5 nitrogen and oxygen atoms in total. The summed E-state index contributed by atoms with van der Waals surface area (Å²) >= 11 is 0. The van der Waals surface area contributed by atoms with Gasteiger partial charge in [-0.15, -0.1) is 0 Å². The second kappa shape index (κ2) is 7.91. The van der Waals surface area contributed by atoms with Crippen LogP contribution in [0.2, 0.25) is 0 Å². The zero-order chi connectivity index (χ0) is 20.1. The molecule has 2 aromatic carbocycles. The third-order valence-electron chi connectivity index (χ3n) is 4.10. The summed E-state index contributed by atoms with van der Waals surface area (Å²) in [5.74, 6) is 0.216. The van der Waals surface area contributed by atoms with Crippen LogP contribution in [0.1, 0.15) is 16.8 Å². The van der Waals surface area contributed by atoms with Crippen molar-refractivity contribution >= 4 is 28.0 Å². The summed E-state index contributed by atoms with van der Waals surface area (Å²) in [4.78, 5) is 4.27. The van der Waals surface area contributed by atoms with Gasteiger partial charge in [0, 0.05) is 0 Å². The lowest BCUT2D eigenvalue weighted by molar-refractivity contribution is 0.601. The SMILES string of the molecule is C=Cc1cccc(NS(=O)(=O)c2ccc(-c3ccc(C#N)cc3)c(C=C)c2)n1. The Bertz CT molecular complexity index is 1190. The zero-order valence-electron chi connectivity index (χ0n) is 15.0. The number of sulfonamides is 1. The van der Waals surface area contributed by atoms with E-state index in [1.54, 1.807) is 54.6 Å². The molecule has 0 atom stereocenters. The molecule has 0 fully saturated rings. The Hall–Kier alpha value is -3.69. The predicted octanol–water partition coefficient (Wildman–Crippen LogP) is 4.71. The molecule has 0 amide bonds. The Morgan fingerprint density at radius 2 is 1.75 bits per heavy atom. The molecule has 0 spiro atoms. The molecule has 0 aliphatic rings. The summed E-state index contributed by atoms with van der Waals surface area (Å²) in [6.07, 6.45) is 3.14. The highest BCUT2D eigenvalue weighted by molar-refractivity contribution is 7.92. The normalized spacial score (nSPS) is 10.7. The van der Waals surface area contributed by atoms with E-state index in [2.05, 4.69) is 28.9 Å². The van der Waals surface area contributed by atoms with Gasteiger partial charge in [-0.25, -0.2) is 13.4 Å². The average molecular weight is 387 g/mol. The van der Waals surface area contributed by atoms with Crippen LogP contribution >= 0.6 is 0 Å². The van der Waals surface area contributed by atoms with E-state index >= 15 is 0 Å². The number of benzene rings is 2. The highest BCUT2D eigenvalue weighted by Crippen LogP contribution is 2.28. The number of hydrogen-bond donors (Lipinski definition) is 1. The summed E-state index contributed by atoms with van der Waals surface area (Å²) in [6.45, 7) is 7.42. The van der Waals surface area contributed by atoms with Crippen LogP contribution < -0.4 is 4.72 Å². The predicted molar refractivity (Wildman–Crippen MR) is 112 cm³/mol. The first-order valence-corrected chi connectivity index (χ1v) is 9.84. The number of anilines is 1. The lowest BCUT2D eigenvalue weighted by Gasteiger charge is -2.12. The standard InChI is InChI=1S/C22H17N3O2S/c1-3-17-14-20(12-13-21(17)18-10-8-16(15-23)9-11-18)28(26,27)25-22-7-5-6-19(4-2)24-22/h3-14H,1-2H2,(H,24,25). The van der Waals surface area contributed by atoms with Crippen LogP contribution in [-0.4, -0.2) is 13.4 Å². The van der Waals surface area contributed by atoms with Gasteiger partial charge in [-0.05, 0) is 59.2 Å². The second-order valence-corrected chi connectivity index (χ2v) is 7.58. The van der Waals surface area contributed by atoms with Crippen molar-refractivity contribution in [2.45, 2.75) is 4.90 Å². The molecule has 1 N–H and O–H groups in total. The fraction of sp³-hybridized carbons (Fsp3) is 0. The Labute approximate surface area is 164 Å². The second-order valence-electron chi connectivity index (χ2n) is 5.90. The minimum atomic E-state index is -3.82. The van der Waals surface area contributed by atoms with E-state index in [9.17, 15) is 8.42 Å². The van der Waals surface area contributed by atoms with E-state index < -0.39 is 10.0 Å². The number of aromatic nitrogens is 1. The molecule has 0 aliphatic heterocycles. The van der Waals surface area contributed by atoms with Crippen molar-refractivity contribution in [1.29, 1.82) is 5.26 Å². The van der Waals surface area contributed by atoms with E-state index in [4.69, 9.17) is 5.26 Å². The Kier molecular flexibility index (Phi) is 5.39. The summed E-state index contributed by atoms with van der Waals surface area (Å²) in [7, 11) is -3.82. The number of rotatable bonds is 6. The van der Waals surface area contributed by atoms with E-state index in [0.29, 0.717) is 16.8 Å². The van der Waals surface area contributed by atoms with Gasteiger partial charge in [-0.3, -0.25) is 4.72 Å². The van der Waals surface area contributed by atoms with E-state index in [1.165, 1.54) is 6.07 Å². The van der Waals surface area contributed by atoms with Crippen molar-refractivity contribution in [1.82, 2.24) is 4.98 Å². The molecular weight excluding hydrogens is 370 g/mol. The zero-order valence-corrected chi connectivity index (χ0v) is 15.8. The van der Waals surface area contributed by atoms with Crippen molar-refractivity contribution < 1.29 is 8.42 Å². The summed E-state index contributed by atoms with van der Waals surface area (Å²) < 4.78 is 28.0. The highest BCUT2D eigenvalue weighted by atomic mass is 32.2. The lowest BCUT2D eigenvalue weighted by Crippen LogP contribution is -2.14. The van der Waals surface area contributed by atoms with Crippen molar-refractivity contribution in [2.24, 2.45) is 0 Å². The minimum absolute atomic E-state index is 0.102. The molecule has 3 aromatic rings.